The van der Waals surface area contributed by atoms with E-state index in [1.54, 1.807) is 18.5 Å². The maximum Gasteiger partial charge on any atom is 0.263 e. The van der Waals surface area contributed by atoms with Crippen molar-refractivity contribution in [2.75, 3.05) is 11.9 Å². The van der Waals surface area contributed by atoms with E-state index in [0.29, 0.717) is 5.82 Å². The molecule has 6 heteroatoms. The zero-order valence-electron chi connectivity index (χ0n) is 15.0. The Morgan fingerprint density at radius 2 is 1.85 bits per heavy atom. The van der Waals surface area contributed by atoms with Crippen molar-refractivity contribution in [2.45, 2.75) is 26.8 Å². The summed E-state index contributed by atoms with van der Waals surface area (Å²) in [4.78, 5) is 16.1. The lowest BCUT2D eigenvalue weighted by Crippen LogP contribution is -2.21. The zero-order chi connectivity index (χ0) is 18.4. The van der Waals surface area contributed by atoms with Gasteiger partial charge >= 0.3 is 0 Å². The van der Waals surface area contributed by atoms with E-state index in [0.717, 1.165) is 29.8 Å². The number of aromatic nitrogens is 3. The summed E-state index contributed by atoms with van der Waals surface area (Å²) in [6.45, 7) is 4.61. The molecule has 0 unspecified atom stereocenters. The lowest BCUT2D eigenvalue weighted by Gasteiger charge is -2.11. The molecular weight excluding hydrogens is 328 g/mol. The van der Waals surface area contributed by atoms with Crippen molar-refractivity contribution in [3.8, 4) is 5.75 Å². The normalized spacial score (nSPS) is 10.5. The number of pyridine rings is 1. The van der Waals surface area contributed by atoms with E-state index in [1.807, 2.05) is 55.1 Å². The van der Waals surface area contributed by atoms with Gasteiger partial charge in [-0.3, -0.25) is 14.5 Å². The molecule has 0 aliphatic rings. The maximum absolute atomic E-state index is 12.1. The minimum Gasteiger partial charge on any atom is -0.483 e. The van der Waals surface area contributed by atoms with E-state index >= 15 is 0 Å². The lowest BCUT2D eigenvalue weighted by molar-refractivity contribution is -0.118. The van der Waals surface area contributed by atoms with Crippen molar-refractivity contribution >= 4 is 11.7 Å². The molecule has 26 heavy (non-hydrogen) atoms. The molecule has 3 aromatic rings. The van der Waals surface area contributed by atoms with Crippen LogP contribution in [0.1, 0.15) is 16.7 Å². The van der Waals surface area contributed by atoms with Crippen LogP contribution in [0.3, 0.4) is 0 Å². The Balaban J connectivity index is 1.50. The van der Waals surface area contributed by atoms with Crippen molar-refractivity contribution in [2.24, 2.45) is 0 Å². The van der Waals surface area contributed by atoms with Crippen LogP contribution in [-0.2, 0) is 17.8 Å². The number of carbonyl (C=O) groups excluding carboxylic acids is 1. The van der Waals surface area contributed by atoms with E-state index in [9.17, 15) is 4.79 Å². The number of carbonyl (C=O) groups is 1. The fraction of sp³-hybridized carbons (Fsp3) is 0.250. The number of ether oxygens (including phenoxy) is 1. The molecule has 1 amide bonds. The van der Waals surface area contributed by atoms with Crippen LogP contribution in [-0.4, -0.2) is 27.3 Å². The van der Waals surface area contributed by atoms with E-state index in [-0.39, 0.29) is 12.5 Å². The Labute approximate surface area is 152 Å². The fourth-order valence-electron chi connectivity index (χ4n) is 2.69. The Morgan fingerprint density at radius 1 is 1.12 bits per heavy atom. The molecule has 6 nitrogen and oxygen atoms in total. The molecule has 0 fully saturated rings. The predicted octanol–water partition coefficient (Wildman–Crippen LogP) is 3.16. The summed E-state index contributed by atoms with van der Waals surface area (Å²) in [5.41, 5.74) is 3.22. The predicted molar refractivity (Wildman–Crippen MR) is 100 cm³/mol. The molecule has 0 saturated heterocycles. The van der Waals surface area contributed by atoms with Crippen molar-refractivity contribution in [1.82, 2.24) is 14.8 Å². The summed E-state index contributed by atoms with van der Waals surface area (Å²) in [5, 5.41) is 7.13. The Morgan fingerprint density at radius 3 is 2.58 bits per heavy atom. The summed E-state index contributed by atoms with van der Waals surface area (Å²) >= 11 is 0. The molecule has 0 aliphatic carbocycles. The van der Waals surface area contributed by atoms with Gasteiger partial charge in [0, 0.05) is 31.2 Å². The molecule has 2 aromatic heterocycles. The Kier molecular flexibility index (Phi) is 5.63. The zero-order valence-corrected chi connectivity index (χ0v) is 15.0. The van der Waals surface area contributed by atoms with E-state index in [2.05, 4.69) is 15.4 Å². The number of benzene rings is 1. The summed E-state index contributed by atoms with van der Waals surface area (Å²) in [5.74, 6) is 1.05. The second-order valence-electron chi connectivity index (χ2n) is 6.13. The van der Waals surface area contributed by atoms with Gasteiger partial charge in [-0.25, -0.2) is 0 Å². The molecule has 134 valence electrons. The van der Waals surface area contributed by atoms with Crippen LogP contribution in [0.15, 0.2) is 55.0 Å². The number of hydrogen-bond donors (Lipinski definition) is 1. The highest BCUT2D eigenvalue weighted by molar-refractivity contribution is 5.90. The second kappa shape index (κ2) is 8.29. The number of aryl methyl sites for hydroxylation is 4. The second-order valence-corrected chi connectivity index (χ2v) is 6.13. The van der Waals surface area contributed by atoms with Crippen LogP contribution in [0.2, 0.25) is 0 Å². The number of amides is 1. The van der Waals surface area contributed by atoms with Crippen LogP contribution < -0.4 is 10.1 Å². The number of nitrogens with one attached hydrogen (secondary N) is 1. The summed E-state index contributed by atoms with van der Waals surface area (Å²) < 4.78 is 7.47. The smallest absolute Gasteiger partial charge is 0.263 e. The lowest BCUT2D eigenvalue weighted by atomic mass is 10.1. The van der Waals surface area contributed by atoms with Crippen LogP contribution in [0.5, 0.6) is 5.75 Å². The number of hydrogen-bond acceptors (Lipinski definition) is 4. The number of nitrogens with zero attached hydrogens (tertiary/aromatic N) is 3. The molecular formula is C20H22N4O2. The highest BCUT2D eigenvalue weighted by atomic mass is 16.5. The molecule has 0 atom stereocenters. The monoisotopic (exact) mass is 350 g/mol. The molecule has 0 radical (unpaired) electrons. The van der Waals surface area contributed by atoms with Gasteiger partial charge < -0.3 is 10.1 Å². The van der Waals surface area contributed by atoms with Gasteiger partial charge in [0.25, 0.3) is 5.91 Å². The number of anilines is 1. The van der Waals surface area contributed by atoms with Gasteiger partial charge in [-0.05, 0) is 49.1 Å². The van der Waals surface area contributed by atoms with E-state index in [4.69, 9.17) is 4.74 Å². The van der Waals surface area contributed by atoms with Crippen LogP contribution in [0, 0.1) is 13.8 Å². The van der Waals surface area contributed by atoms with Crippen LogP contribution >= 0.6 is 0 Å². The van der Waals surface area contributed by atoms with Crippen molar-refractivity contribution in [3.63, 3.8) is 0 Å². The van der Waals surface area contributed by atoms with Crippen LogP contribution in [0.4, 0.5) is 5.82 Å². The molecule has 2 heterocycles. The molecule has 0 saturated carbocycles. The van der Waals surface area contributed by atoms with Gasteiger partial charge in [0.2, 0.25) is 0 Å². The van der Waals surface area contributed by atoms with E-state index in [1.165, 1.54) is 5.56 Å². The fourth-order valence-corrected chi connectivity index (χ4v) is 2.69. The molecule has 0 spiro atoms. The molecule has 1 aromatic carbocycles. The van der Waals surface area contributed by atoms with Crippen molar-refractivity contribution in [3.05, 3.63) is 71.7 Å². The maximum atomic E-state index is 12.1. The third-order valence-electron chi connectivity index (χ3n) is 4.04. The molecule has 1 N–H and O–H groups in total. The van der Waals surface area contributed by atoms with Crippen LogP contribution in [0.25, 0.3) is 0 Å². The first kappa shape index (κ1) is 17.7. The van der Waals surface area contributed by atoms with Crippen molar-refractivity contribution in [1.29, 1.82) is 0 Å². The van der Waals surface area contributed by atoms with Gasteiger partial charge in [0.05, 0.1) is 0 Å². The van der Waals surface area contributed by atoms with Gasteiger partial charge in [-0.2, -0.15) is 5.10 Å². The standard InChI is InChI=1S/C20H22N4O2/c1-15-4-3-5-16(2)20(15)26-14-19(25)22-18-9-13-24(23-18)12-8-17-6-10-21-11-7-17/h3-7,9-11,13H,8,12,14H2,1-2H3,(H,22,23,25). The average Bonchev–Trinajstić information content (AvgIpc) is 3.08. The summed E-state index contributed by atoms with van der Waals surface area (Å²) in [6, 6.07) is 11.6. The minimum atomic E-state index is -0.230. The highest BCUT2D eigenvalue weighted by Gasteiger charge is 2.09. The van der Waals surface area contributed by atoms with Gasteiger partial charge in [-0.1, -0.05) is 18.2 Å². The molecule has 0 bridgehead atoms. The molecule has 3 rings (SSSR count). The Hall–Kier alpha value is -3.15. The number of para-hydroxylation sites is 1. The topological polar surface area (TPSA) is 69.0 Å². The third-order valence-corrected chi connectivity index (χ3v) is 4.04. The third kappa shape index (κ3) is 4.69. The largest absolute Gasteiger partial charge is 0.483 e. The average molecular weight is 350 g/mol. The van der Waals surface area contributed by atoms with Gasteiger partial charge in [-0.15, -0.1) is 0 Å². The quantitative estimate of drug-likeness (QED) is 0.711. The molecule has 0 aliphatic heterocycles. The summed E-state index contributed by atoms with van der Waals surface area (Å²) in [7, 11) is 0. The minimum absolute atomic E-state index is 0.0461. The summed E-state index contributed by atoms with van der Waals surface area (Å²) in [6.07, 6.45) is 6.26. The first-order valence-corrected chi connectivity index (χ1v) is 8.53. The SMILES string of the molecule is Cc1cccc(C)c1OCC(=O)Nc1ccn(CCc2ccncc2)n1. The van der Waals surface area contributed by atoms with Gasteiger partial charge in [0.15, 0.2) is 12.4 Å². The van der Waals surface area contributed by atoms with Crippen molar-refractivity contribution < 1.29 is 9.53 Å². The first-order valence-electron chi connectivity index (χ1n) is 8.53. The highest BCUT2D eigenvalue weighted by Crippen LogP contribution is 2.22. The van der Waals surface area contributed by atoms with Gasteiger partial charge in [0.1, 0.15) is 5.75 Å². The number of rotatable bonds is 7. The Bertz CT molecular complexity index is 854. The van der Waals surface area contributed by atoms with E-state index < -0.39 is 0 Å². The first-order chi connectivity index (χ1) is 12.6.